The van der Waals surface area contributed by atoms with E-state index in [4.69, 9.17) is 9.47 Å². The van der Waals surface area contributed by atoms with Crippen LogP contribution in [0.3, 0.4) is 0 Å². The number of fused-ring (bicyclic) bond motifs is 2. The van der Waals surface area contributed by atoms with Gasteiger partial charge in [-0.3, -0.25) is 4.79 Å². The third-order valence-electron chi connectivity index (χ3n) is 4.42. The molecular weight excluding hydrogens is 290 g/mol. The van der Waals surface area contributed by atoms with Crippen molar-refractivity contribution in [3.8, 4) is 11.5 Å². The van der Waals surface area contributed by atoms with Crippen LogP contribution in [0.4, 0.5) is 0 Å². The van der Waals surface area contributed by atoms with Gasteiger partial charge >= 0.3 is 0 Å². The van der Waals surface area contributed by atoms with Crippen molar-refractivity contribution in [3.63, 3.8) is 0 Å². The third kappa shape index (κ3) is 2.89. The lowest BCUT2D eigenvalue weighted by molar-refractivity contribution is 0.0789. The molecule has 1 heterocycles. The van der Waals surface area contributed by atoms with Crippen molar-refractivity contribution in [2.75, 3.05) is 13.2 Å². The number of benzene rings is 2. The Morgan fingerprint density at radius 3 is 2.83 bits per heavy atom. The van der Waals surface area contributed by atoms with E-state index in [0.29, 0.717) is 13.2 Å². The summed E-state index contributed by atoms with van der Waals surface area (Å²) in [4.78, 5) is 12.3. The van der Waals surface area contributed by atoms with Crippen LogP contribution in [0.1, 0.15) is 27.9 Å². The van der Waals surface area contributed by atoms with Crippen molar-refractivity contribution in [1.82, 2.24) is 5.32 Å². The van der Waals surface area contributed by atoms with Crippen molar-refractivity contribution in [2.24, 2.45) is 0 Å². The summed E-state index contributed by atoms with van der Waals surface area (Å²) < 4.78 is 11.5. The number of ether oxygens (including phenoxy) is 2. The predicted octanol–water partition coefficient (Wildman–Crippen LogP) is 2.75. The Labute approximate surface area is 135 Å². The number of aryl methyl sites for hydroxylation is 2. The first-order chi connectivity index (χ1) is 11.3. The van der Waals surface area contributed by atoms with E-state index >= 15 is 0 Å². The molecule has 0 fully saturated rings. The second-order valence-corrected chi connectivity index (χ2v) is 6.04. The topological polar surface area (TPSA) is 47.6 Å². The zero-order valence-corrected chi connectivity index (χ0v) is 12.9. The van der Waals surface area contributed by atoms with Gasteiger partial charge in [-0.05, 0) is 54.7 Å². The molecule has 1 atom stereocenters. The van der Waals surface area contributed by atoms with E-state index < -0.39 is 0 Å². The second kappa shape index (κ2) is 5.95. The highest BCUT2D eigenvalue weighted by molar-refractivity contribution is 5.94. The van der Waals surface area contributed by atoms with Crippen LogP contribution in [-0.2, 0) is 12.8 Å². The van der Waals surface area contributed by atoms with E-state index in [1.807, 2.05) is 36.4 Å². The number of hydrogen-bond donors (Lipinski definition) is 1. The smallest absolute Gasteiger partial charge is 0.251 e. The molecule has 4 rings (SSSR count). The molecule has 118 valence electrons. The molecule has 1 N–H and O–H groups in total. The highest BCUT2D eigenvalue weighted by atomic mass is 16.6. The number of carbonyl (C=O) groups is 1. The molecule has 2 aromatic carbocycles. The summed E-state index contributed by atoms with van der Waals surface area (Å²) in [7, 11) is 0. The quantitative estimate of drug-likeness (QED) is 0.948. The van der Waals surface area contributed by atoms with Crippen LogP contribution in [0.15, 0.2) is 42.5 Å². The zero-order valence-electron chi connectivity index (χ0n) is 12.9. The molecule has 1 unspecified atom stereocenters. The monoisotopic (exact) mass is 309 g/mol. The molecule has 1 aliphatic carbocycles. The summed E-state index contributed by atoms with van der Waals surface area (Å²) >= 11 is 0. The number of para-hydroxylation sites is 2. The van der Waals surface area contributed by atoms with Crippen molar-refractivity contribution in [3.05, 3.63) is 59.2 Å². The Morgan fingerprint density at radius 2 is 1.91 bits per heavy atom. The third-order valence-corrected chi connectivity index (χ3v) is 4.42. The SMILES string of the molecule is O=C(NCC1COc2ccccc2O1)c1ccc2c(c1)CCC2. The van der Waals surface area contributed by atoms with E-state index in [1.54, 1.807) is 0 Å². The Kier molecular flexibility index (Phi) is 3.66. The lowest BCUT2D eigenvalue weighted by Crippen LogP contribution is -2.40. The lowest BCUT2D eigenvalue weighted by Gasteiger charge is -2.26. The minimum Gasteiger partial charge on any atom is -0.486 e. The maximum atomic E-state index is 12.3. The summed E-state index contributed by atoms with van der Waals surface area (Å²) in [6.07, 6.45) is 3.23. The van der Waals surface area contributed by atoms with Gasteiger partial charge in [-0.2, -0.15) is 0 Å². The minimum absolute atomic E-state index is 0.0536. The minimum atomic E-state index is -0.164. The molecule has 23 heavy (non-hydrogen) atoms. The van der Waals surface area contributed by atoms with Crippen LogP contribution in [0.2, 0.25) is 0 Å². The summed E-state index contributed by atoms with van der Waals surface area (Å²) in [6.45, 7) is 0.881. The fraction of sp³-hybridized carbons (Fsp3) is 0.316. The number of amides is 1. The largest absolute Gasteiger partial charge is 0.486 e. The molecule has 0 radical (unpaired) electrons. The normalized spacial score (nSPS) is 18.3. The molecule has 2 aromatic rings. The molecule has 0 spiro atoms. The molecular formula is C19H19NO3. The van der Waals surface area contributed by atoms with Crippen molar-refractivity contribution in [1.29, 1.82) is 0 Å². The Bertz CT molecular complexity index is 741. The van der Waals surface area contributed by atoms with Crippen LogP contribution in [0, 0.1) is 0 Å². The summed E-state index contributed by atoms with van der Waals surface area (Å²) in [6, 6.07) is 13.6. The standard InChI is InChI=1S/C19H19NO3/c21-19(15-9-8-13-4-3-5-14(13)10-15)20-11-16-12-22-17-6-1-2-7-18(17)23-16/h1-2,6-10,16H,3-5,11-12H2,(H,20,21). The van der Waals surface area contributed by atoms with Gasteiger partial charge in [0.1, 0.15) is 12.7 Å². The zero-order chi connectivity index (χ0) is 15.6. The number of carbonyl (C=O) groups excluding carboxylic acids is 1. The Balaban J connectivity index is 1.37. The van der Waals surface area contributed by atoms with Crippen molar-refractivity contribution >= 4 is 5.91 Å². The molecule has 0 saturated heterocycles. The van der Waals surface area contributed by atoms with Gasteiger partial charge in [-0.25, -0.2) is 0 Å². The number of nitrogens with one attached hydrogen (secondary N) is 1. The molecule has 1 amide bonds. The highest BCUT2D eigenvalue weighted by Crippen LogP contribution is 2.30. The molecule has 1 aliphatic heterocycles. The Morgan fingerprint density at radius 1 is 1.09 bits per heavy atom. The first kappa shape index (κ1) is 14.1. The van der Waals surface area contributed by atoms with Crippen LogP contribution < -0.4 is 14.8 Å². The second-order valence-electron chi connectivity index (χ2n) is 6.04. The first-order valence-corrected chi connectivity index (χ1v) is 8.08. The van der Waals surface area contributed by atoms with E-state index in [2.05, 4.69) is 11.4 Å². The molecule has 4 nitrogen and oxygen atoms in total. The van der Waals surface area contributed by atoms with E-state index in [-0.39, 0.29) is 12.0 Å². The molecule has 0 bridgehead atoms. The fourth-order valence-electron chi connectivity index (χ4n) is 3.19. The lowest BCUT2D eigenvalue weighted by atomic mass is 10.1. The van der Waals surface area contributed by atoms with Gasteiger partial charge < -0.3 is 14.8 Å². The van der Waals surface area contributed by atoms with Gasteiger partial charge in [0.2, 0.25) is 0 Å². The average Bonchev–Trinajstić information content (AvgIpc) is 3.07. The molecule has 4 heteroatoms. The van der Waals surface area contributed by atoms with E-state index in [1.165, 1.54) is 17.5 Å². The van der Waals surface area contributed by atoms with Gasteiger partial charge in [0.15, 0.2) is 11.5 Å². The fourth-order valence-corrected chi connectivity index (χ4v) is 3.19. The highest BCUT2D eigenvalue weighted by Gasteiger charge is 2.21. The average molecular weight is 309 g/mol. The van der Waals surface area contributed by atoms with Crippen LogP contribution in [0.25, 0.3) is 0 Å². The van der Waals surface area contributed by atoms with Crippen LogP contribution in [0.5, 0.6) is 11.5 Å². The van der Waals surface area contributed by atoms with Crippen LogP contribution >= 0.6 is 0 Å². The summed E-state index contributed by atoms with van der Waals surface area (Å²) in [5, 5.41) is 2.95. The number of rotatable bonds is 3. The molecule has 2 aliphatic rings. The van der Waals surface area contributed by atoms with Gasteiger partial charge in [0.25, 0.3) is 5.91 Å². The maximum absolute atomic E-state index is 12.3. The van der Waals surface area contributed by atoms with Gasteiger partial charge in [0.05, 0.1) is 6.54 Å². The summed E-state index contributed by atoms with van der Waals surface area (Å²) in [5.41, 5.74) is 3.41. The van der Waals surface area contributed by atoms with Gasteiger partial charge in [-0.15, -0.1) is 0 Å². The van der Waals surface area contributed by atoms with Crippen molar-refractivity contribution < 1.29 is 14.3 Å². The van der Waals surface area contributed by atoms with Gasteiger partial charge in [0, 0.05) is 5.56 Å². The van der Waals surface area contributed by atoms with Crippen molar-refractivity contribution in [2.45, 2.75) is 25.4 Å². The van der Waals surface area contributed by atoms with Crippen LogP contribution in [-0.4, -0.2) is 25.2 Å². The first-order valence-electron chi connectivity index (χ1n) is 8.08. The van der Waals surface area contributed by atoms with E-state index in [9.17, 15) is 4.79 Å². The van der Waals surface area contributed by atoms with E-state index in [0.717, 1.165) is 29.9 Å². The number of hydrogen-bond acceptors (Lipinski definition) is 3. The summed E-state index contributed by atoms with van der Waals surface area (Å²) in [5.74, 6) is 1.44. The maximum Gasteiger partial charge on any atom is 0.251 e. The van der Waals surface area contributed by atoms with Gasteiger partial charge in [-0.1, -0.05) is 18.2 Å². The predicted molar refractivity (Wildman–Crippen MR) is 87.2 cm³/mol. The molecule has 0 aromatic heterocycles. The molecule has 0 saturated carbocycles. The Hall–Kier alpha value is -2.49.